The van der Waals surface area contributed by atoms with E-state index in [-0.39, 0.29) is 0 Å². The molecule has 0 bridgehead atoms. The summed E-state index contributed by atoms with van der Waals surface area (Å²) in [5, 5.41) is 3.58. The average molecular weight is 373 g/mol. The number of benzene rings is 2. The molecule has 0 saturated heterocycles. The van der Waals surface area contributed by atoms with E-state index in [4.69, 9.17) is 11.6 Å². The highest BCUT2D eigenvalue weighted by atomic mass is 127. The molecule has 3 aromatic rings. The molecule has 3 rings (SSSR count). The minimum Gasteiger partial charge on any atom is -0.135 e. The molecule has 86 valence electrons. The first-order chi connectivity index (χ1) is 8.08. The summed E-state index contributed by atoms with van der Waals surface area (Å²) < 4.78 is 3.94. The Morgan fingerprint density at radius 3 is 2.65 bits per heavy atom. The van der Waals surface area contributed by atoms with Gasteiger partial charge in [-0.05, 0) is 65.8 Å². The number of thiophene rings is 1. The fourth-order valence-corrected chi connectivity index (χ4v) is 4.32. The Kier molecular flexibility index (Phi) is 2.84. The number of hydrogen-bond donors (Lipinski definition) is 0. The van der Waals surface area contributed by atoms with Crippen LogP contribution in [0.2, 0.25) is 5.02 Å². The van der Waals surface area contributed by atoms with Crippen LogP contribution in [-0.4, -0.2) is 0 Å². The van der Waals surface area contributed by atoms with Gasteiger partial charge in [0.1, 0.15) is 0 Å². The largest absolute Gasteiger partial charge is 0.135 e. The van der Waals surface area contributed by atoms with E-state index in [2.05, 4.69) is 60.7 Å². The lowest BCUT2D eigenvalue weighted by molar-refractivity contribution is 1.44. The third-order valence-electron chi connectivity index (χ3n) is 3.07. The van der Waals surface area contributed by atoms with E-state index in [1.165, 1.54) is 29.3 Å². The maximum atomic E-state index is 6.32. The number of rotatable bonds is 0. The maximum Gasteiger partial charge on any atom is 0.0478 e. The maximum absolute atomic E-state index is 6.32. The van der Waals surface area contributed by atoms with Crippen molar-refractivity contribution in [2.45, 2.75) is 13.8 Å². The van der Waals surface area contributed by atoms with Crippen molar-refractivity contribution < 1.29 is 0 Å². The van der Waals surface area contributed by atoms with Crippen molar-refractivity contribution in [2.24, 2.45) is 0 Å². The van der Waals surface area contributed by atoms with Crippen LogP contribution in [0.3, 0.4) is 0 Å². The van der Waals surface area contributed by atoms with Crippen LogP contribution in [0.5, 0.6) is 0 Å². The summed E-state index contributed by atoms with van der Waals surface area (Å²) in [5.74, 6) is 0. The zero-order valence-electron chi connectivity index (χ0n) is 9.47. The van der Waals surface area contributed by atoms with E-state index >= 15 is 0 Å². The van der Waals surface area contributed by atoms with Crippen molar-refractivity contribution >= 4 is 65.7 Å². The average Bonchev–Trinajstić information content (AvgIpc) is 2.64. The molecule has 0 amide bonds. The Hall–Kier alpha value is -0.320. The number of aryl methyl sites for hydroxylation is 2. The molecule has 0 N–H and O–H groups in total. The fourth-order valence-electron chi connectivity index (χ4n) is 2.19. The number of halogens is 2. The first-order valence-electron chi connectivity index (χ1n) is 5.35. The fraction of sp³-hybridized carbons (Fsp3) is 0.143. The SMILES string of the molecule is Cc1cc2c(sc3cc(I)ccc32)c(C)c1Cl. The molecule has 17 heavy (non-hydrogen) atoms. The van der Waals surface area contributed by atoms with E-state index in [1.807, 2.05) is 11.3 Å². The van der Waals surface area contributed by atoms with Crippen LogP contribution in [0.25, 0.3) is 20.2 Å². The van der Waals surface area contributed by atoms with Crippen molar-refractivity contribution in [3.05, 3.63) is 44.0 Å². The van der Waals surface area contributed by atoms with E-state index in [0.29, 0.717) is 0 Å². The first-order valence-corrected chi connectivity index (χ1v) is 7.62. The third kappa shape index (κ3) is 1.77. The Balaban J connectivity index is 2.56. The molecule has 0 aliphatic rings. The molecule has 0 aliphatic heterocycles. The molecule has 1 aromatic heterocycles. The molecule has 0 saturated carbocycles. The van der Waals surface area contributed by atoms with Crippen LogP contribution in [0, 0.1) is 17.4 Å². The summed E-state index contributed by atoms with van der Waals surface area (Å²) in [7, 11) is 0. The van der Waals surface area contributed by atoms with Gasteiger partial charge in [0.2, 0.25) is 0 Å². The van der Waals surface area contributed by atoms with Crippen LogP contribution in [0.4, 0.5) is 0 Å². The van der Waals surface area contributed by atoms with Crippen LogP contribution < -0.4 is 0 Å². The van der Waals surface area contributed by atoms with Crippen molar-refractivity contribution in [3.63, 3.8) is 0 Å². The summed E-state index contributed by atoms with van der Waals surface area (Å²) in [6.45, 7) is 4.18. The van der Waals surface area contributed by atoms with Crippen LogP contribution >= 0.6 is 45.5 Å². The van der Waals surface area contributed by atoms with Gasteiger partial charge in [-0.15, -0.1) is 11.3 Å². The molecule has 0 spiro atoms. The molecule has 1 heterocycles. The summed E-state index contributed by atoms with van der Waals surface area (Å²) in [4.78, 5) is 0. The lowest BCUT2D eigenvalue weighted by Crippen LogP contribution is -1.81. The van der Waals surface area contributed by atoms with Gasteiger partial charge in [-0.1, -0.05) is 17.7 Å². The predicted molar refractivity (Wildman–Crippen MR) is 86.5 cm³/mol. The lowest BCUT2D eigenvalue weighted by atomic mass is 10.1. The van der Waals surface area contributed by atoms with Crippen LogP contribution in [-0.2, 0) is 0 Å². The van der Waals surface area contributed by atoms with E-state index < -0.39 is 0 Å². The molecule has 2 aromatic carbocycles. The topological polar surface area (TPSA) is 0 Å². The number of hydrogen-bond acceptors (Lipinski definition) is 1. The first kappa shape index (κ1) is 11.8. The molecular formula is C14H10ClIS. The third-order valence-corrected chi connectivity index (χ3v) is 5.61. The molecule has 0 unspecified atom stereocenters. The van der Waals surface area contributed by atoms with Gasteiger partial charge >= 0.3 is 0 Å². The van der Waals surface area contributed by atoms with Gasteiger partial charge in [-0.2, -0.15) is 0 Å². The minimum absolute atomic E-state index is 0.902. The zero-order valence-corrected chi connectivity index (χ0v) is 13.2. The highest BCUT2D eigenvalue weighted by Gasteiger charge is 2.11. The standard InChI is InChI=1S/C14H10ClIS/c1-7-5-11-10-4-3-9(16)6-12(10)17-14(11)8(2)13(7)15/h3-6H,1-2H3. The van der Waals surface area contributed by atoms with Gasteiger partial charge in [0, 0.05) is 28.8 Å². The monoisotopic (exact) mass is 372 g/mol. The zero-order chi connectivity index (χ0) is 12.2. The van der Waals surface area contributed by atoms with Crippen molar-refractivity contribution in [3.8, 4) is 0 Å². The second-order valence-electron chi connectivity index (χ2n) is 4.25. The molecule has 0 fully saturated rings. The lowest BCUT2D eigenvalue weighted by Gasteiger charge is -2.03. The van der Waals surface area contributed by atoms with E-state index in [9.17, 15) is 0 Å². The van der Waals surface area contributed by atoms with Gasteiger partial charge < -0.3 is 0 Å². The van der Waals surface area contributed by atoms with Gasteiger partial charge in [-0.3, -0.25) is 0 Å². The van der Waals surface area contributed by atoms with Crippen LogP contribution in [0.15, 0.2) is 24.3 Å². The van der Waals surface area contributed by atoms with Crippen molar-refractivity contribution in [2.75, 3.05) is 0 Å². The van der Waals surface area contributed by atoms with Gasteiger partial charge in [0.15, 0.2) is 0 Å². The summed E-state index contributed by atoms with van der Waals surface area (Å²) in [5.41, 5.74) is 2.37. The number of fused-ring (bicyclic) bond motifs is 3. The van der Waals surface area contributed by atoms with Crippen molar-refractivity contribution in [1.82, 2.24) is 0 Å². The smallest absolute Gasteiger partial charge is 0.0478 e. The molecule has 0 nitrogen and oxygen atoms in total. The van der Waals surface area contributed by atoms with Crippen LogP contribution in [0.1, 0.15) is 11.1 Å². The Morgan fingerprint density at radius 1 is 1.12 bits per heavy atom. The predicted octanol–water partition coefficient (Wildman–Crippen LogP) is 5.93. The quantitative estimate of drug-likeness (QED) is 0.429. The summed E-state index contributed by atoms with van der Waals surface area (Å²) in [6, 6.07) is 8.82. The molecular weight excluding hydrogens is 363 g/mol. The Labute approximate surface area is 123 Å². The second-order valence-corrected chi connectivity index (χ2v) is 6.93. The van der Waals surface area contributed by atoms with Gasteiger partial charge in [0.25, 0.3) is 0 Å². The van der Waals surface area contributed by atoms with Gasteiger partial charge in [-0.25, -0.2) is 0 Å². The summed E-state index contributed by atoms with van der Waals surface area (Å²) >= 11 is 10.5. The van der Waals surface area contributed by atoms with Gasteiger partial charge in [0.05, 0.1) is 0 Å². The molecule has 0 atom stereocenters. The Morgan fingerprint density at radius 2 is 1.88 bits per heavy atom. The highest BCUT2D eigenvalue weighted by molar-refractivity contribution is 14.1. The normalized spacial score (nSPS) is 11.5. The second kappa shape index (κ2) is 4.11. The van der Waals surface area contributed by atoms with E-state index in [1.54, 1.807) is 0 Å². The molecule has 0 aliphatic carbocycles. The van der Waals surface area contributed by atoms with Crippen molar-refractivity contribution in [1.29, 1.82) is 0 Å². The Bertz CT molecular complexity index is 743. The molecule has 3 heteroatoms. The highest BCUT2D eigenvalue weighted by Crippen LogP contribution is 2.40. The minimum atomic E-state index is 0.902. The molecule has 0 radical (unpaired) electrons. The summed E-state index contributed by atoms with van der Waals surface area (Å²) in [6.07, 6.45) is 0. The van der Waals surface area contributed by atoms with E-state index in [0.717, 1.165) is 10.6 Å².